The molecule has 8 aliphatic rings. The Balaban J connectivity index is 1.05. The summed E-state index contributed by atoms with van der Waals surface area (Å²) in [6, 6.07) is 0. The molecule has 282 valence electrons. The summed E-state index contributed by atoms with van der Waals surface area (Å²) >= 11 is 0. The molecule has 3 aliphatic heterocycles. The topological polar surface area (TPSA) is 150 Å². The molecule has 0 radical (unpaired) electrons. The summed E-state index contributed by atoms with van der Waals surface area (Å²) in [4.78, 5) is 23.6. The minimum Gasteiger partial charge on any atom is -0.456 e. The monoisotopic (exact) mass is 704 g/mol. The Hall–Kier alpha value is -1.34. The van der Waals surface area contributed by atoms with Crippen molar-refractivity contribution in [3.8, 4) is 0 Å². The van der Waals surface area contributed by atoms with Gasteiger partial charge in [-0.15, -0.1) is 0 Å². The van der Waals surface area contributed by atoms with Gasteiger partial charge >= 0.3 is 11.9 Å². The van der Waals surface area contributed by atoms with Gasteiger partial charge in [0.2, 0.25) is 0 Å². The summed E-state index contributed by atoms with van der Waals surface area (Å²) in [7, 11) is 0. The maximum absolute atomic E-state index is 12.7. The first-order valence-corrected chi connectivity index (χ1v) is 19.3. The third kappa shape index (κ3) is 4.34. The zero-order valence-corrected chi connectivity index (χ0v) is 31.4. The van der Waals surface area contributed by atoms with Gasteiger partial charge in [-0.05, 0) is 105 Å². The first-order valence-electron chi connectivity index (χ1n) is 19.3. The molecule has 11 nitrogen and oxygen atoms in total. The van der Waals surface area contributed by atoms with Gasteiger partial charge in [-0.3, -0.25) is 9.59 Å². The number of hydrogen-bond acceptors (Lipinski definition) is 11. The minimum absolute atomic E-state index is 0.0436. The quantitative estimate of drug-likeness (QED) is 0.278. The van der Waals surface area contributed by atoms with E-state index < -0.39 is 65.6 Å². The smallest absolute Gasteiger partial charge is 0.303 e. The van der Waals surface area contributed by atoms with Gasteiger partial charge in [0.25, 0.3) is 0 Å². The van der Waals surface area contributed by atoms with E-state index in [-0.39, 0.29) is 46.4 Å². The minimum atomic E-state index is -1.31. The number of carbonyl (C=O) groups is 2. The Labute approximate surface area is 296 Å². The SMILES string of the molecule is CC(=O)O[C@@H]1[C@@H](O)[C@H](O[C@H]2CC[C@]34C[C@]35CC[C@]3(C)[C@H]6[C@H](C)C[C@H]7O[C@@]6(O[C@@H]7C(C)(C)O)[C@H](O)[C@@]3(C)[C@@H]5CC[C@H]4C2(C)C)OC[C@@H]1OC(C)=O. The van der Waals surface area contributed by atoms with Crippen molar-refractivity contribution < 1.29 is 53.3 Å². The Kier molecular flexibility index (Phi) is 7.76. The molecule has 8 rings (SSSR count). The molecular weight excluding hydrogens is 644 g/mol. The molecule has 3 saturated heterocycles. The van der Waals surface area contributed by atoms with Gasteiger partial charge in [-0.2, -0.15) is 0 Å². The average molecular weight is 705 g/mol. The lowest BCUT2D eigenvalue weighted by molar-refractivity contribution is -0.306. The van der Waals surface area contributed by atoms with Crippen molar-refractivity contribution in [2.75, 3.05) is 6.61 Å². The zero-order valence-electron chi connectivity index (χ0n) is 31.4. The van der Waals surface area contributed by atoms with Crippen LogP contribution in [0.4, 0.5) is 0 Å². The van der Waals surface area contributed by atoms with Crippen LogP contribution < -0.4 is 0 Å². The van der Waals surface area contributed by atoms with E-state index in [1.54, 1.807) is 13.8 Å². The molecule has 5 aliphatic carbocycles. The van der Waals surface area contributed by atoms with Crippen molar-refractivity contribution in [3.05, 3.63) is 0 Å². The molecule has 5 saturated carbocycles. The molecule has 0 aromatic heterocycles. The van der Waals surface area contributed by atoms with E-state index in [4.69, 9.17) is 28.4 Å². The largest absolute Gasteiger partial charge is 0.456 e. The third-order valence-electron chi connectivity index (χ3n) is 16.4. The van der Waals surface area contributed by atoms with E-state index in [0.717, 1.165) is 51.4 Å². The van der Waals surface area contributed by atoms with E-state index in [0.29, 0.717) is 17.8 Å². The normalized spacial score (nSPS) is 55.8. The molecule has 0 aromatic rings. The summed E-state index contributed by atoms with van der Waals surface area (Å²) in [6.07, 6.45) is 1.87. The van der Waals surface area contributed by atoms with Crippen molar-refractivity contribution in [3.63, 3.8) is 0 Å². The van der Waals surface area contributed by atoms with Gasteiger partial charge < -0.3 is 43.7 Å². The fraction of sp³-hybridized carbons (Fsp3) is 0.949. The van der Waals surface area contributed by atoms with E-state index in [2.05, 4.69) is 34.6 Å². The first kappa shape index (κ1) is 35.7. The van der Waals surface area contributed by atoms with Gasteiger partial charge in [-0.25, -0.2) is 0 Å². The van der Waals surface area contributed by atoms with Gasteiger partial charge in [0.05, 0.1) is 24.4 Å². The van der Waals surface area contributed by atoms with Crippen molar-refractivity contribution in [1.82, 2.24) is 0 Å². The van der Waals surface area contributed by atoms with Crippen LogP contribution in [0.3, 0.4) is 0 Å². The number of aliphatic hydroxyl groups is 3. The van der Waals surface area contributed by atoms with Crippen molar-refractivity contribution in [1.29, 1.82) is 0 Å². The maximum Gasteiger partial charge on any atom is 0.303 e. The first-order chi connectivity index (χ1) is 23.2. The molecular formula is C39H60O11. The Morgan fingerprint density at radius 2 is 1.54 bits per heavy atom. The van der Waals surface area contributed by atoms with E-state index >= 15 is 0 Å². The molecule has 3 N–H and O–H groups in total. The second-order valence-electron chi connectivity index (χ2n) is 19.4. The molecule has 11 heteroatoms. The fourth-order valence-electron chi connectivity index (χ4n) is 14.6. The molecule has 3 heterocycles. The van der Waals surface area contributed by atoms with Crippen LogP contribution in [0.1, 0.15) is 114 Å². The summed E-state index contributed by atoms with van der Waals surface area (Å²) in [5, 5.41) is 35.2. The Morgan fingerprint density at radius 1 is 0.880 bits per heavy atom. The van der Waals surface area contributed by atoms with Crippen LogP contribution in [0.5, 0.6) is 0 Å². The van der Waals surface area contributed by atoms with Crippen LogP contribution in [0.15, 0.2) is 0 Å². The highest BCUT2D eigenvalue weighted by Crippen LogP contribution is 2.90. The van der Waals surface area contributed by atoms with E-state index in [9.17, 15) is 24.9 Å². The molecule has 2 bridgehead atoms. The highest BCUT2D eigenvalue weighted by atomic mass is 16.8. The van der Waals surface area contributed by atoms with E-state index in [1.165, 1.54) is 13.8 Å². The molecule has 0 unspecified atom stereocenters. The molecule has 50 heavy (non-hydrogen) atoms. The third-order valence-corrected chi connectivity index (χ3v) is 16.4. The van der Waals surface area contributed by atoms with Gasteiger partial charge in [0.1, 0.15) is 18.3 Å². The zero-order chi connectivity index (χ0) is 36.2. The van der Waals surface area contributed by atoms with Crippen molar-refractivity contribution in [2.45, 2.75) is 174 Å². The molecule has 0 amide bonds. The van der Waals surface area contributed by atoms with Crippen LogP contribution in [-0.4, -0.2) is 94.3 Å². The van der Waals surface area contributed by atoms with Gasteiger partial charge in [0, 0.05) is 25.2 Å². The number of hydrogen-bond donors (Lipinski definition) is 3. The average Bonchev–Trinajstić information content (AvgIpc) is 3.52. The second kappa shape index (κ2) is 10.9. The van der Waals surface area contributed by atoms with Crippen LogP contribution in [0.2, 0.25) is 0 Å². The van der Waals surface area contributed by atoms with E-state index in [1.807, 2.05) is 0 Å². The predicted octanol–water partition coefficient (Wildman–Crippen LogP) is 4.26. The molecule has 0 aromatic carbocycles. The van der Waals surface area contributed by atoms with Crippen LogP contribution in [0.25, 0.3) is 0 Å². The summed E-state index contributed by atoms with van der Waals surface area (Å²) in [5.41, 5.74) is -1.64. The number of aliphatic hydroxyl groups excluding tert-OH is 2. The number of rotatable bonds is 5. The van der Waals surface area contributed by atoms with Gasteiger partial charge in [-0.1, -0.05) is 34.6 Å². The second-order valence-corrected chi connectivity index (χ2v) is 19.4. The molecule has 8 fully saturated rings. The van der Waals surface area contributed by atoms with Crippen molar-refractivity contribution in [2.24, 2.45) is 50.7 Å². The number of carbonyl (C=O) groups excluding carboxylic acids is 2. The Bertz CT molecular complexity index is 1430. The summed E-state index contributed by atoms with van der Waals surface area (Å²) < 4.78 is 37.0. The van der Waals surface area contributed by atoms with Crippen molar-refractivity contribution >= 4 is 11.9 Å². The number of esters is 2. The van der Waals surface area contributed by atoms with Gasteiger partial charge in [0.15, 0.2) is 24.3 Å². The maximum atomic E-state index is 12.7. The highest BCUT2D eigenvalue weighted by molar-refractivity contribution is 5.67. The molecule has 17 atom stereocenters. The number of ether oxygens (including phenoxy) is 6. The lowest BCUT2D eigenvalue weighted by Gasteiger charge is -2.63. The Morgan fingerprint density at radius 3 is 2.20 bits per heavy atom. The lowest BCUT2D eigenvalue weighted by Crippen LogP contribution is -2.61. The summed E-state index contributed by atoms with van der Waals surface area (Å²) in [6.45, 7) is 17.7. The molecule has 3 spiro atoms. The van der Waals surface area contributed by atoms with Crippen LogP contribution >= 0.6 is 0 Å². The standard InChI is InChI=1S/C39H60O11/c1-19-16-22-30(34(6,7)44)50-39(49-22)29(19)35(8)14-15-38-18-37(38)13-12-26(33(4,5)24(37)10-11-25(38)36(35,9)32(39)43)48-31-27(42)28(47-21(3)41)23(17-45-31)46-20(2)40/h19,22-32,42-44H,10-18H2,1-9H3/t19-,22-,23+,24+,25+,26+,27-,28+,29-,30+,31+,32-,35-,36-,37-,38+,39+/m1/s1. The van der Waals surface area contributed by atoms with Crippen LogP contribution in [0, 0.1) is 50.7 Å². The predicted molar refractivity (Wildman–Crippen MR) is 178 cm³/mol. The summed E-state index contributed by atoms with van der Waals surface area (Å²) in [5.74, 6) is -1.18. The highest BCUT2D eigenvalue weighted by Gasteiger charge is 2.88. The van der Waals surface area contributed by atoms with Crippen LogP contribution in [-0.2, 0) is 38.0 Å². The fourth-order valence-corrected chi connectivity index (χ4v) is 14.6. The number of fused-ring (bicyclic) bond motifs is 4. The lowest BCUT2D eigenvalue weighted by atomic mass is 9.41.